The Morgan fingerprint density at radius 1 is 0.702 bits per heavy atom. The zero-order valence-corrected chi connectivity index (χ0v) is 28.0. The first kappa shape index (κ1) is 34.9. The van der Waals surface area contributed by atoms with Gasteiger partial charge in [0.1, 0.15) is 22.9 Å². The molecule has 0 unspecified atom stereocenters. The number of carbonyl (C=O) groups is 2. The number of aryl methyl sites for hydroxylation is 3. The van der Waals surface area contributed by atoms with E-state index in [0.29, 0.717) is 57.2 Å². The molecule has 11 heteroatoms. The van der Waals surface area contributed by atoms with Crippen LogP contribution < -0.4 is 18.9 Å². The average molecular weight is 648 g/mol. The molecule has 0 atom stereocenters. The van der Waals surface area contributed by atoms with Crippen LogP contribution in [0.2, 0.25) is 0 Å². The summed E-state index contributed by atoms with van der Waals surface area (Å²) in [5.74, 6) is 0.683. The number of ether oxygens (including phenoxy) is 7. The van der Waals surface area contributed by atoms with Crippen LogP contribution in [0.25, 0.3) is 22.3 Å². The van der Waals surface area contributed by atoms with Gasteiger partial charge in [0.25, 0.3) is 0 Å². The van der Waals surface area contributed by atoms with E-state index in [1.165, 1.54) is 21.3 Å². The molecule has 0 spiro atoms. The molecule has 0 fully saturated rings. The summed E-state index contributed by atoms with van der Waals surface area (Å²) in [5.41, 5.74) is 5.25. The number of rotatable bonds is 14. The molecule has 0 aliphatic carbocycles. The van der Waals surface area contributed by atoms with Crippen molar-refractivity contribution in [3.63, 3.8) is 0 Å². The SMILES string of the molecule is COCOc1cc(OC)c(C)cc1-c1c(-c2ccc(C)c(CO)c2)c(C(=O)OC)n(CCc2ccc(OC)c(OC)c2)c1C(=O)OC. The maximum absolute atomic E-state index is 13.9. The minimum absolute atomic E-state index is 0.0921. The largest absolute Gasteiger partial charge is 0.496 e. The highest BCUT2D eigenvalue weighted by Gasteiger charge is 2.35. The van der Waals surface area contributed by atoms with Crippen LogP contribution in [0.4, 0.5) is 0 Å². The van der Waals surface area contributed by atoms with Crippen LogP contribution in [0, 0.1) is 13.8 Å². The predicted octanol–water partition coefficient (Wildman–Crippen LogP) is 5.76. The third-order valence-corrected chi connectivity index (χ3v) is 8.00. The van der Waals surface area contributed by atoms with E-state index < -0.39 is 11.9 Å². The van der Waals surface area contributed by atoms with Gasteiger partial charge in [0, 0.05) is 36.4 Å². The van der Waals surface area contributed by atoms with Gasteiger partial charge in [0.05, 0.1) is 42.2 Å². The molecule has 4 rings (SSSR count). The van der Waals surface area contributed by atoms with Crippen molar-refractivity contribution < 1.29 is 47.9 Å². The van der Waals surface area contributed by atoms with Crippen LogP contribution in [-0.2, 0) is 33.8 Å². The van der Waals surface area contributed by atoms with E-state index >= 15 is 0 Å². The van der Waals surface area contributed by atoms with Gasteiger partial charge in [-0.3, -0.25) is 0 Å². The molecule has 0 saturated carbocycles. The van der Waals surface area contributed by atoms with Crippen molar-refractivity contribution in [2.75, 3.05) is 49.5 Å². The summed E-state index contributed by atoms with van der Waals surface area (Å²) < 4.78 is 40.0. The average Bonchev–Trinajstić information content (AvgIpc) is 3.43. The lowest BCUT2D eigenvalue weighted by molar-refractivity contribution is 0.0513. The van der Waals surface area contributed by atoms with Crippen LogP contribution in [0.15, 0.2) is 48.5 Å². The smallest absolute Gasteiger partial charge is 0.355 e. The van der Waals surface area contributed by atoms with Crippen molar-refractivity contribution in [1.82, 2.24) is 4.57 Å². The normalized spacial score (nSPS) is 10.8. The third-order valence-electron chi connectivity index (χ3n) is 8.00. The lowest BCUT2D eigenvalue weighted by Gasteiger charge is -2.17. The monoisotopic (exact) mass is 647 g/mol. The Bertz CT molecular complexity index is 1760. The number of hydrogen-bond acceptors (Lipinski definition) is 10. The maximum atomic E-state index is 13.9. The summed E-state index contributed by atoms with van der Waals surface area (Å²) in [5, 5.41) is 10.2. The zero-order chi connectivity index (χ0) is 34.2. The van der Waals surface area contributed by atoms with Gasteiger partial charge < -0.3 is 42.8 Å². The molecular formula is C36H41NO10. The van der Waals surface area contributed by atoms with Crippen LogP contribution in [0.5, 0.6) is 23.0 Å². The third kappa shape index (κ3) is 7.06. The maximum Gasteiger partial charge on any atom is 0.355 e. The number of aromatic nitrogens is 1. The van der Waals surface area contributed by atoms with E-state index in [4.69, 9.17) is 33.2 Å². The summed E-state index contributed by atoms with van der Waals surface area (Å²) in [6, 6.07) is 14.6. The quantitative estimate of drug-likeness (QED) is 0.134. The van der Waals surface area contributed by atoms with Crippen LogP contribution in [-0.4, -0.2) is 71.1 Å². The molecule has 4 aromatic rings. The first-order chi connectivity index (χ1) is 22.7. The molecule has 47 heavy (non-hydrogen) atoms. The van der Waals surface area contributed by atoms with E-state index in [0.717, 1.165) is 16.7 Å². The number of benzene rings is 3. The summed E-state index contributed by atoms with van der Waals surface area (Å²) in [6.07, 6.45) is 0.395. The lowest BCUT2D eigenvalue weighted by Crippen LogP contribution is -2.18. The molecular weight excluding hydrogens is 606 g/mol. The summed E-state index contributed by atoms with van der Waals surface area (Å²) >= 11 is 0. The second kappa shape index (κ2) is 15.5. The summed E-state index contributed by atoms with van der Waals surface area (Å²) in [4.78, 5) is 27.7. The molecule has 0 aliphatic rings. The highest BCUT2D eigenvalue weighted by molar-refractivity contribution is 6.10. The van der Waals surface area contributed by atoms with Gasteiger partial charge >= 0.3 is 11.9 Å². The van der Waals surface area contributed by atoms with E-state index in [1.54, 1.807) is 44.1 Å². The van der Waals surface area contributed by atoms with Crippen LogP contribution in [0.1, 0.15) is 43.2 Å². The van der Waals surface area contributed by atoms with E-state index in [2.05, 4.69) is 0 Å². The standard InChI is InChI=1S/C36H41NO10/c1-21-9-11-24(17-25(21)19-38)31-32(26-15-22(2)28(43-5)18-29(26)47-20-41-3)34(36(40)46-8)37(33(31)35(39)45-7)14-13-23-10-12-27(42-4)30(16-23)44-6/h9-12,15-18,38H,13-14,19-20H2,1-8H3. The minimum Gasteiger partial charge on any atom is -0.496 e. The predicted molar refractivity (Wildman–Crippen MR) is 176 cm³/mol. The molecule has 1 aromatic heterocycles. The summed E-state index contributed by atoms with van der Waals surface area (Å²) in [6.45, 7) is 3.61. The molecule has 0 bridgehead atoms. The first-order valence-corrected chi connectivity index (χ1v) is 14.8. The van der Waals surface area contributed by atoms with E-state index in [9.17, 15) is 14.7 Å². The topological polar surface area (TPSA) is 124 Å². The van der Waals surface area contributed by atoms with Gasteiger partial charge in [-0.05, 0) is 72.4 Å². The fraction of sp³-hybridized carbons (Fsp3) is 0.333. The first-order valence-electron chi connectivity index (χ1n) is 14.8. The van der Waals surface area contributed by atoms with Gasteiger partial charge in [0.15, 0.2) is 18.3 Å². The fourth-order valence-electron chi connectivity index (χ4n) is 5.60. The Morgan fingerprint density at radius 2 is 1.36 bits per heavy atom. The second-order valence-electron chi connectivity index (χ2n) is 10.7. The molecule has 1 heterocycles. The van der Waals surface area contributed by atoms with E-state index in [-0.39, 0.29) is 31.3 Å². The molecule has 3 aromatic carbocycles. The molecule has 0 radical (unpaired) electrons. The molecule has 0 amide bonds. The van der Waals surface area contributed by atoms with Crippen molar-refractivity contribution in [1.29, 1.82) is 0 Å². The van der Waals surface area contributed by atoms with Gasteiger partial charge in [-0.25, -0.2) is 9.59 Å². The van der Waals surface area contributed by atoms with Crippen LogP contribution >= 0.6 is 0 Å². The Balaban J connectivity index is 2.14. The number of hydrogen-bond donors (Lipinski definition) is 1. The second-order valence-corrected chi connectivity index (χ2v) is 10.7. The Hall–Kier alpha value is -5.00. The number of esters is 2. The highest BCUT2D eigenvalue weighted by Crippen LogP contribution is 2.46. The van der Waals surface area contributed by atoms with Crippen LogP contribution in [0.3, 0.4) is 0 Å². The molecule has 1 N–H and O–H groups in total. The van der Waals surface area contributed by atoms with Crippen molar-refractivity contribution >= 4 is 11.9 Å². The Kier molecular flexibility index (Phi) is 11.5. The Morgan fingerprint density at radius 3 is 1.96 bits per heavy atom. The molecule has 11 nitrogen and oxygen atoms in total. The minimum atomic E-state index is -0.677. The number of methoxy groups -OCH3 is 6. The number of aliphatic hydroxyl groups is 1. The van der Waals surface area contributed by atoms with Crippen molar-refractivity contribution in [2.45, 2.75) is 33.4 Å². The van der Waals surface area contributed by atoms with Gasteiger partial charge in [-0.1, -0.05) is 18.2 Å². The highest BCUT2D eigenvalue weighted by atomic mass is 16.7. The fourth-order valence-corrected chi connectivity index (χ4v) is 5.60. The number of nitrogens with zero attached hydrogens (tertiary/aromatic N) is 1. The lowest BCUT2D eigenvalue weighted by atomic mass is 9.91. The Labute approximate surface area is 274 Å². The molecule has 250 valence electrons. The van der Waals surface area contributed by atoms with Gasteiger partial charge in [-0.2, -0.15) is 0 Å². The summed E-state index contributed by atoms with van der Waals surface area (Å²) in [7, 11) is 8.74. The van der Waals surface area contributed by atoms with E-state index in [1.807, 2.05) is 44.2 Å². The van der Waals surface area contributed by atoms with Gasteiger partial charge in [-0.15, -0.1) is 0 Å². The van der Waals surface area contributed by atoms with Gasteiger partial charge in [0.2, 0.25) is 0 Å². The van der Waals surface area contributed by atoms with Crippen molar-refractivity contribution in [2.24, 2.45) is 0 Å². The molecule has 0 saturated heterocycles. The van der Waals surface area contributed by atoms with Crippen molar-refractivity contribution in [3.8, 4) is 45.3 Å². The number of aliphatic hydroxyl groups excluding tert-OH is 1. The molecule has 0 aliphatic heterocycles. The zero-order valence-electron chi connectivity index (χ0n) is 28.0. The number of carbonyl (C=O) groups excluding carboxylic acids is 2. The van der Waals surface area contributed by atoms with Crippen molar-refractivity contribution in [3.05, 3.63) is 82.2 Å².